The topological polar surface area (TPSA) is 59.6 Å². The number of amides is 2. The lowest BCUT2D eigenvalue weighted by Crippen LogP contribution is -2.20. The minimum absolute atomic E-state index is 0.0233. The van der Waals surface area contributed by atoms with Crippen molar-refractivity contribution in [2.24, 2.45) is 0 Å². The van der Waals surface area contributed by atoms with Gasteiger partial charge in [-0.25, -0.2) is 4.79 Å². The molecule has 0 heterocycles. The molecule has 0 atom stereocenters. The van der Waals surface area contributed by atoms with Crippen LogP contribution in [0.5, 0.6) is 11.5 Å². The third kappa shape index (κ3) is 4.69. The van der Waals surface area contributed by atoms with Crippen LogP contribution in [0.3, 0.4) is 0 Å². The molecule has 0 aliphatic carbocycles. The van der Waals surface area contributed by atoms with Gasteiger partial charge in [0.1, 0.15) is 11.5 Å². The van der Waals surface area contributed by atoms with Crippen LogP contribution in [0.4, 0.5) is 29.3 Å². The van der Waals surface area contributed by atoms with E-state index in [0.29, 0.717) is 17.2 Å². The molecular weight excluding hydrogens is 361 g/mol. The van der Waals surface area contributed by atoms with Crippen molar-refractivity contribution in [1.82, 2.24) is 0 Å². The summed E-state index contributed by atoms with van der Waals surface area (Å²) in [4.78, 5) is 12.1. The molecule has 134 valence electrons. The highest BCUT2D eigenvalue weighted by molar-refractivity contribution is 6.33. The van der Waals surface area contributed by atoms with Crippen LogP contribution in [-0.2, 0) is 6.18 Å². The lowest BCUT2D eigenvalue weighted by molar-refractivity contribution is -0.137. The smallest absolute Gasteiger partial charge is 0.416 e. The summed E-state index contributed by atoms with van der Waals surface area (Å²) in [5, 5.41) is 4.74. The number of nitrogens with one attached hydrogen (secondary N) is 2. The van der Waals surface area contributed by atoms with Crippen LogP contribution in [-0.4, -0.2) is 20.3 Å². The first kappa shape index (κ1) is 18.7. The summed E-state index contributed by atoms with van der Waals surface area (Å²) < 4.78 is 48.4. The molecule has 2 aromatic rings. The first-order chi connectivity index (χ1) is 11.7. The number of urea groups is 1. The maximum Gasteiger partial charge on any atom is 0.416 e. The Labute approximate surface area is 146 Å². The Bertz CT molecular complexity index is 782. The maximum absolute atomic E-state index is 12.8. The van der Waals surface area contributed by atoms with E-state index in [1.807, 2.05) is 0 Å². The average molecular weight is 375 g/mol. The average Bonchev–Trinajstić information content (AvgIpc) is 2.56. The van der Waals surface area contributed by atoms with Gasteiger partial charge >= 0.3 is 12.2 Å². The van der Waals surface area contributed by atoms with Gasteiger partial charge in [-0.15, -0.1) is 0 Å². The molecule has 0 fully saturated rings. The van der Waals surface area contributed by atoms with E-state index in [4.69, 9.17) is 21.1 Å². The molecule has 25 heavy (non-hydrogen) atoms. The zero-order chi connectivity index (χ0) is 18.6. The molecule has 2 aromatic carbocycles. The zero-order valence-corrected chi connectivity index (χ0v) is 14.0. The minimum atomic E-state index is -4.54. The standard InChI is InChI=1S/C16H14ClF3N2O3/c1-24-10-4-6-12(14(8-10)25-2)21-15(23)22-13-7-9(16(18,19)20)3-5-11(13)17/h3-8H,1-2H3,(H2,21,22,23). The second-order valence-corrected chi connectivity index (χ2v) is 5.24. The molecule has 0 radical (unpaired) electrons. The van der Waals surface area contributed by atoms with Crippen molar-refractivity contribution in [3.63, 3.8) is 0 Å². The molecule has 0 bridgehead atoms. The number of halogens is 4. The van der Waals surface area contributed by atoms with Gasteiger partial charge in [-0.1, -0.05) is 11.6 Å². The van der Waals surface area contributed by atoms with Crippen molar-refractivity contribution in [3.8, 4) is 11.5 Å². The Morgan fingerprint density at radius 1 is 1.00 bits per heavy atom. The van der Waals surface area contributed by atoms with Crippen molar-refractivity contribution >= 4 is 29.0 Å². The lowest BCUT2D eigenvalue weighted by atomic mass is 10.2. The molecule has 0 saturated carbocycles. The summed E-state index contributed by atoms with van der Waals surface area (Å²) in [6, 6.07) is 6.55. The molecule has 5 nitrogen and oxygen atoms in total. The number of alkyl halides is 3. The number of rotatable bonds is 4. The molecule has 0 aliphatic heterocycles. The number of methoxy groups -OCH3 is 2. The molecule has 0 unspecified atom stereocenters. The molecule has 0 saturated heterocycles. The number of hydrogen-bond donors (Lipinski definition) is 2. The Hall–Kier alpha value is -2.61. The van der Waals surface area contributed by atoms with Crippen LogP contribution in [0.1, 0.15) is 5.56 Å². The third-order valence-electron chi connectivity index (χ3n) is 3.20. The Morgan fingerprint density at radius 2 is 1.68 bits per heavy atom. The number of carbonyl (C=O) groups excluding carboxylic acids is 1. The van der Waals surface area contributed by atoms with Crippen molar-refractivity contribution in [1.29, 1.82) is 0 Å². The van der Waals surface area contributed by atoms with Crippen molar-refractivity contribution in [3.05, 3.63) is 47.0 Å². The van der Waals surface area contributed by atoms with E-state index in [1.54, 1.807) is 12.1 Å². The first-order valence-electron chi connectivity index (χ1n) is 6.91. The fraction of sp³-hybridized carbons (Fsp3) is 0.188. The normalized spacial score (nSPS) is 11.0. The van der Waals surface area contributed by atoms with Gasteiger partial charge in [0.05, 0.1) is 36.2 Å². The van der Waals surface area contributed by atoms with E-state index in [-0.39, 0.29) is 10.7 Å². The molecule has 2 rings (SSSR count). The van der Waals surface area contributed by atoms with Crippen LogP contribution in [0, 0.1) is 0 Å². The predicted molar refractivity (Wildman–Crippen MR) is 88.6 cm³/mol. The van der Waals surface area contributed by atoms with Gasteiger partial charge in [-0.3, -0.25) is 0 Å². The molecule has 9 heteroatoms. The molecule has 0 spiro atoms. The second-order valence-electron chi connectivity index (χ2n) is 4.84. The Balaban J connectivity index is 2.18. The SMILES string of the molecule is COc1ccc(NC(=O)Nc2cc(C(F)(F)F)ccc2Cl)c(OC)c1. The molecule has 2 N–H and O–H groups in total. The van der Waals surface area contributed by atoms with Crippen LogP contribution in [0.2, 0.25) is 5.02 Å². The number of ether oxygens (including phenoxy) is 2. The largest absolute Gasteiger partial charge is 0.497 e. The number of benzene rings is 2. The van der Waals surface area contributed by atoms with Crippen molar-refractivity contribution < 1.29 is 27.4 Å². The fourth-order valence-electron chi connectivity index (χ4n) is 1.98. The second kappa shape index (κ2) is 7.52. The highest BCUT2D eigenvalue weighted by Crippen LogP contribution is 2.34. The van der Waals surface area contributed by atoms with Gasteiger partial charge in [0.15, 0.2) is 0 Å². The maximum atomic E-state index is 12.8. The van der Waals surface area contributed by atoms with Crippen LogP contribution < -0.4 is 20.1 Å². The number of carbonyl (C=O) groups is 1. The van der Waals surface area contributed by atoms with E-state index >= 15 is 0 Å². The van der Waals surface area contributed by atoms with Gasteiger partial charge in [0, 0.05) is 6.07 Å². The van der Waals surface area contributed by atoms with Gasteiger partial charge in [0.2, 0.25) is 0 Å². The predicted octanol–water partition coefficient (Wildman–Crippen LogP) is 5.02. The molecule has 0 aromatic heterocycles. The Morgan fingerprint density at radius 3 is 2.28 bits per heavy atom. The van der Waals surface area contributed by atoms with Crippen molar-refractivity contribution in [2.45, 2.75) is 6.18 Å². The highest BCUT2D eigenvalue weighted by atomic mass is 35.5. The van der Waals surface area contributed by atoms with Gasteiger partial charge in [0.25, 0.3) is 0 Å². The first-order valence-corrected chi connectivity index (χ1v) is 7.29. The number of anilines is 2. The van der Waals surface area contributed by atoms with E-state index < -0.39 is 17.8 Å². The summed E-state index contributed by atoms with van der Waals surface area (Å²) >= 11 is 5.84. The summed E-state index contributed by atoms with van der Waals surface area (Å²) in [6.07, 6.45) is -4.54. The summed E-state index contributed by atoms with van der Waals surface area (Å²) in [5.74, 6) is 0.841. The van der Waals surface area contributed by atoms with Gasteiger partial charge < -0.3 is 20.1 Å². The number of hydrogen-bond acceptors (Lipinski definition) is 3. The van der Waals surface area contributed by atoms with E-state index in [1.165, 1.54) is 20.3 Å². The summed E-state index contributed by atoms with van der Waals surface area (Å²) in [7, 11) is 2.88. The van der Waals surface area contributed by atoms with E-state index in [0.717, 1.165) is 18.2 Å². The van der Waals surface area contributed by atoms with Crippen LogP contribution in [0.25, 0.3) is 0 Å². The van der Waals surface area contributed by atoms with Gasteiger partial charge in [-0.05, 0) is 30.3 Å². The zero-order valence-electron chi connectivity index (χ0n) is 13.2. The van der Waals surface area contributed by atoms with E-state index in [2.05, 4.69) is 10.6 Å². The third-order valence-corrected chi connectivity index (χ3v) is 3.53. The monoisotopic (exact) mass is 374 g/mol. The van der Waals surface area contributed by atoms with Crippen molar-refractivity contribution in [2.75, 3.05) is 24.9 Å². The van der Waals surface area contributed by atoms with Gasteiger partial charge in [-0.2, -0.15) is 13.2 Å². The van der Waals surface area contributed by atoms with Crippen LogP contribution >= 0.6 is 11.6 Å². The molecule has 2 amide bonds. The minimum Gasteiger partial charge on any atom is -0.497 e. The molecule has 0 aliphatic rings. The van der Waals surface area contributed by atoms with E-state index in [9.17, 15) is 18.0 Å². The molecular formula is C16H14ClF3N2O3. The highest BCUT2D eigenvalue weighted by Gasteiger charge is 2.31. The Kier molecular flexibility index (Phi) is 5.63. The summed E-state index contributed by atoms with van der Waals surface area (Å²) in [6.45, 7) is 0. The summed E-state index contributed by atoms with van der Waals surface area (Å²) in [5.41, 5.74) is -0.778. The van der Waals surface area contributed by atoms with Crippen LogP contribution in [0.15, 0.2) is 36.4 Å². The quantitative estimate of drug-likeness (QED) is 0.790. The fourth-order valence-corrected chi connectivity index (χ4v) is 2.14. The lowest BCUT2D eigenvalue weighted by Gasteiger charge is -2.14.